The molecule has 112 valence electrons. The molecule has 1 fully saturated rings. The van der Waals surface area contributed by atoms with Gasteiger partial charge in [0, 0.05) is 36.8 Å². The van der Waals surface area contributed by atoms with Gasteiger partial charge in [-0.25, -0.2) is 9.53 Å². The van der Waals surface area contributed by atoms with E-state index in [0.717, 1.165) is 0 Å². The molecule has 2 N–H and O–H groups in total. The maximum absolute atomic E-state index is 13.7. The maximum atomic E-state index is 13.7. The minimum atomic E-state index is -3.66. The molecule has 0 atom stereocenters. The Balaban J connectivity index is 2.05. The lowest BCUT2D eigenvalue weighted by molar-refractivity contribution is 0.275. The summed E-state index contributed by atoms with van der Waals surface area (Å²) >= 11 is 6.00. The van der Waals surface area contributed by atoms with Gasteiger partial charge < -0.3 is 0 Å². The summed E-state index contributed by atoms with van der Waals surface area (Å²) in [7, 11) is -3.66. The summed E-state index contributed by atoms with van der Waals surface area (Å²) in [6.07, 6.45) is 0.655. The third-order valence-electron chi connectivity index (χ3n) is 3.35. The van der Waals surface area contributed by atoms with E-state index in [1.807, 2.05) is 4.90 Å². The van der Waals surface area contributed by atoms with Gasteiger partial charge in [0.15, 0.2) is 0 Å². The van der Waals surface area contributed by atoms with Gasteiger partial charge in [-0.1, -0.05) is 17.7 Å². The molecule has 0 aromatic heterocycles. The third kappa shape index (κ3) is 3.89. The van der Waals surface area contributed by atoms with Crippen LogP contribution < -0.4 is 5.14 Å². The van der Waals surface area contributed by atoms with Crippen molar-refractivity contribution < 1.29 is 12.8 Å². The molecule has 0 unspecified atom stereocenters. The van der Waals surface area contributed by atoms with Crippen LogP contribution in [0.3, 0.4) is 0 Å². The number of nitrogens with two attached hydrogens (primary N) is 1. The van der Waals surface area contributed by atoms with Crippen LogP contribution in [0, 0.1) is 5.82 Å². The normalized spacial score (nSPS) is 18.9. The Morgan fingerprint density at radius 3 is 2.65 bits per heavy atom. The molecule has 2 rings (SSSR count). The van der Waals surface area contributed by atoms with Crippen molar-refractivity contribution in [2.24, 2.45) is 5.14 Å². The second kappa shape index (κ2) is 6.36. The highest BCUT2D eigenvalue weighted by molar-refractivity contribution is 7.86. The van der Waals surface area contributed by atoms with E-state index in [4.69, 9.17) is 16.7 Å². The first-order chi connectivity index (χ1) is 9.38. The fourth-order valence-electron chi connectivity index (χ4n) is 2.27. The topological polar surface area (TPSA) is 66.6 Å². The summed E-state index contributed by atoms with van der Waals surface area (Å²) in [6.45, 7) is 2.24. The lowest BCUT2D eigenvalue weighted by Gasteiger charge is -2.21. The molecule has 20 heavy (non-hydrogen) atoms. The van der Waals surface area contributed by atoms with Crippen LogP contribution in [0.15, 0.2) is 18.2 Å². The molecule has 0 saturated carbocycles. The molecule has 0 spiro atoms. The van der Waals surface area contributed by atoms with Crippen molar-refractivity contribution in [1.29, 1.82) is 0 Å². The van der Waals surface area contributed by atoms with Crippen LogP contribution in [-0.4, -0.2) is 43.8 Å². The van der Waals surface area contributed by atoms with E-state index in [9.17, 15) is 12.8 Å². The summed E-state index contributed by atoms with van der Waals surface area (Å²) < 4.78 is 37.6. The molecule has 1 aromatic rings. The van der Waals surface area contributed by atoms with Crippen LogP contribution in [0.4, 0.5) is 4.39 Å². The standard InChI is InChI=1S/C12H17ClFN3O2S/c13-11-3-1-4-12(14)10(11)9-16-5-2-6-17(8-7-16)20(15,18)19/h1,3-4H,2,5-9H2,(H2,15,18,19). The van der Waals surface area contributed by atoms with Crippen LogP contribution in [0.1, 0.15) is 12.0 Å². The van der Waals surface area contributed by atoms with Gasteiger partial charge in [-0.15, -0.1) is 0 Å². The van der Waals surface area contributed by atoms with E-state index >= 15 is 0 Å². The molecule has 0 amide bonds. The Hall–Kier alpha value is -0.730. The SMILES string of the molecule is NS(=O)(=O)N1CCCN(Cc2c(F)cccc2Cl)CC1. The summed E-state index contributed by atoms with van der Waals surface area (Å²) in [5, 5.41) is 5.51. The van der Waals surface area contributed by atoms with E-state index in [1.165, 1.54) is 10.4 Å². The Morgan fingerprint density at radius 1 is 1.25 bits per heavy atom. The van der Waals surface area contributed by atoms with Gasteiger partial charge in [0.2, 0.25) is 0 Å². The van der Waals surface area contributed by atoms with Gasteiger partial charge in [-0.3, -0.25) is 4.90 Å². The minimum absolute atomic E-state index is 0.310. The van der Waals surface area contributed by atoms with Crippen molar-refractivity contribution in [1.82, 2.24) is 9.21 Å². The Morgan fingerprint density at radius 2 is 2.00 bits per heavy atom. The zero-order valence-electron chi connectivity index (χ0n) is 10.9. The van der Waals surface area contributed by atoms with Crippen LogP contribution in [0.5, 0.6) is 0 Å². The number of benzene rings is 1. The molecule has 5 nitrogen and oxygen atoms in total. The van der Waals surface area contributed by atoms with Crippen molar-refractivity contribution in [2.75, 3.05) is 26.2 Å². The molecule has 0 bridgehead atoms. The summed E-state index contributed by atoms with van der Waals surface area (Å²) in [4.78, 5) is 1.98. The molecular formula is C12H17ClFN3O2S. The molecule has 0 aliphatic carbocycles. The average Bonchev–Trinajstić information content (AvgIpc) is 2.59. The van der Waals surface area contributed by atoms with Gasteiger partial charge in [0.1, 0.15) is 5.82 Å². The van der Waals surface area contributed by atoms with E-state index in [0.29, 0.717) is 49.7 Å². The lowest BCUT2D eigenvalue weighted by Crippen LogP contribution is -2.39. The molecule has 0 radical (unpaired) electrons. The van der Waals surface area contributed by atoms with Crippen LogP contribution in [0.2, 0.25) is 5.02 Å². The van der Waals surface area contributed by atoms with E-state index in [2.05, 4.69) is 0 Å². The first-order valence-electron chi connectivity index (χ1n) is 6.31. The molecule has 1 aliphatic rings. The second-order valence-electron chi connectivity index (χ2n) is 4.77. The van der Waals surface area contributed by atoms with Crippen molar-refractivity contribution in [3.63, 3.8) is 0 Å². The number of rotatable bonds is 3. The number of hydrogen-bond donors (Lipinski definition) is 1. The molecular weight excluding hydrogens is 305 g/mol. The molecule has 8 heteroatoms. The largest absolute Gasteiger partial charge is 0.298 e. The van der Waals surface area contributed by atoms with E-state index in [1.54, 1.807) is 12.1 Å². The predicted octanol–water partition coefficient (Wildman–Crippen LogP) is 1.19. The summed E-state index contributed by atoms with van der Waals surface area (Å²) in [5.74, 6) is -0.343. The Kier molecular flexibility index (Phi) is 4.98. The zero-order chi connectivity index (χ0) is 14.8. The van der Waals surface area contributed by atoms with Gasteiger partial charge in [-0.05, 0) is 25.1 Å². The molecule has 1 heterocycles. The fraction of sp³-hybridized carbons (Fsp3) is 0.500. The molecule has 1 saturated heterocycles. The van der Waals surface area contributed by atoms with Gasteiger partial charge in [0.05, 0.1) is 0 Å². The highest BCUT2D eigenvalue weighted by Crippen LogP contribution is 2.21. The highest BCUT2D eigenvalue weighted by Gasteiger charge is 2.22. The zero-order valence-corrected chi connectivity index (χ0v) is 12.5. The minimum Gasteiger partial charge on any atom is -0.298 e. The third-order valence-corrected chi connectivity index (χ3v) is 4.79. The average molecular weight is 322 g/mol. The summed E-state index contributed by atoms with van der Waals surface area (Å²) in [6, 6.07) is 4.58. The van der Waals surface area contributed by atoms with Crippen molar-refractivity contribution >= 4 is 21.8 Å². The molecule has 1 aromatic carbocycles. The molecule has 1 aliphatic heterocycles. The maximum Gasteiger partial charge on any atom is 0.276 e. The van der Waals surface area contributed by atoms with Crippen LogP contribution in [-0.2, 0) is 16.8 Å². The lowest BCUT2D eigenvalue weighted by atomic mass is 10.2. The van der Waals surface area contributed by atoms with Crippen LogP contribution >= 0.6 is 11.6 Å². The number of hydrogen-bond acceptors (Lipinski definition) is 3. The second-order valence-corrected chi connectivity index (χ2v) is 6.73. The number of halogens is 2. The first-order valence-corrected chi connectivity index (χ1v) is 8.19. The number of nitrogens with zero attached hydrogens (tertiary/aromatic N) is 2. The van der Waals surface area contributed by atoms with Gasteiger partial charge in [-0.2, -0.15) is 12.7 Å². The fourth-order valence-corrected chi connectivity index (χ4v) is 3.21. The van der Waals surface area contributed by atoms with E-state index < -0.39 is 10.2 Å². The Bertz CT molecular complexity index is 562. The van der Waals surface area contributed by atoms with E-state index in [-0.39, 0.29) is 5.82 Å². The van der Waals surface area contributed by atoms with Crippen molar-refractivity contribution in [3.8, 4) is 0 Å². The highest BCUT2D eigenvalue weighted by atomic mass is 35.5. The van der Waals surface area contributed by atoms with Crippen LogP contribution in [0.25, 0.3) is 0 Å². The first kappa shape index (κ1) is 15.7. The van der Waals surface area contributed by atoms with Crippen molar-refractivity contribution in [3.05, 3.63) is 34.6 Å². The Labute approximate surface area is 123 Å². The predicted molar refractivity (Wildman–Crippen MR) is 76.0 cm³/mol. The van der Waals surface area contributed by atoms with Gasteiger partial charge >= 0.3 is 0 Å². The van der Waals surface area contributed by atoms with Crippen molar-refractivity contribution in [2.45, 2.75) is 13.0 Å². The van der Waals surface area contributed by atoms with Gasteiger partial charge in [0.25, 0.3) is 10.2 Å². The smallest absolute Gasteiger partial charge is 0.276 e. The quantitative estimate of drug-likeness (QED) is 0.909. The summed E-state index contributed by atoms with van der Waals surface area (Å²) in [5.41, 5.74) is 0.443. The monoisotopic (exact) mass is 321 g/mol.